The Balaban J connectivity index is 1.17. The first-order chi connectivity index (χ1) is 21.0. The molecule has 0 saturated carbocycles. The van der Waals surface area contributed by atoms with Gasteiger partial charge in [-0.1, -0.05) is 62.0 Å². The molecule has 1 saturated heterocycles. The van der Waals surface area contributed by atoms with Gasteiger partial charge in [-0.15, -0.1) is 18.3 Å². The molecule has 0 N–H and O–H groups in total. The molecule has 2 heterocycles. The Bertz CT molecular complexity index is 1690. The number of halogens is 3. The third-order valence-electron chi connectivity index (χ3n) is 6.66. The van der Waals surface area contributed by atoms with Crippen LogP contribution in [0.15, 0.2) is 78.0 Å². The number of hydrogen-bond donors (Lipinski definition) is 0. The van der Waals surface area contributed by atoms with Crippen LogP contribution in [0.4, 0.5) is 23.7 Å². The minimum absolute atomic E-state index is 0.0934. The van der Waals surface area contributed by atoms with Gasteiger partial charge in [-0.3, -0.25) is 9.69 Å². The van der Waals surface area contributed by atoms with Gasteiger partial charge >= 0.3 is 12.5 Å². The van der Waals surface area contributed by atoms with E-state index < -0.39 is 12.5 Å². The molecule has 0 aliphatic carbocycles. The molecule has 5 rings (SSSR count). The molecule has 13 heteroatoms. The molecule has 0 spiro atoms. The number of carbonyl (C=O) groups excluding carboxylic acids is 2. The highest BCUT2D eigenvalue weighted by molar-refractivity contribution is 8.15. The SMILES string of the molecule is Cc1ccc(C(C)C)c(N2C(=O)CSC2=NC(=O)OCCc2ccc(-c3ncn(-c4ccc(OC(F)(F)F)cc4)n3)cc2)c1. The third kappa shape index (κ3) is 7.46. The van der Waals surface area contributed by atoms with Crippen molar-refractivity contribution >= 4 is 34.6 Å². The molecule has 44 heavy (non-hydrogen) atoms. The van der Waals surface area contributed by atoms with E-state index in [1.165, 1.54) is 51.9 Å². The lowest BCUT2D eigenvalue weighted by molar-refractivity contribution is -0.274. The van der Waals surface area contributed by atoms with E-state index >= 15 is 0 Å². The number of amidine groups is 1. The van der Waals surface area contributed by atoms with Crippen molar-refractivity contribution in [2.75, 3.05) is 17.3 Å². The van der Waals surface area contributed by atoms with Gasteiger partial charge in [-0.05, 0) is 59.9 Å². The fourth-order valence-corrected chi connectivity index (χ4v) is 5.37. The maximum absolute atomic E-state index is 12.7. The van der Waals surface area contributed by atoms with Crippen molar-refractivity contribution in [2.45, 2.75) is 39.5 Å². The second-order valence-electron chi connectivity index (χ2n) is 10.2. The maximum atomic E-state index is 12.7. The van der Waals surface area contributed by atoms with E-state index in [1.54, 1.807) is 0 Å². The number of nitrogens with zero attached hydrogens (tertiary/aromatic N) is 5. The summed E-state index contributed by atoms with van der Waals surface area (Å²) in [4.78, 5) is 35.2. The van der Waals surface area contributed by atoms with Crippen LogP contribution in [0.5, 0.6) is 5.75 Å². The minimum atomic E-state index is -4.76. The first-order valence-electron chi connectivity index (χ1n) is 13.7. The standard InChI is InChI=1S/C31H28F3N5O4S/c1-19(2)25-13-4-20(3)16-26(25)39-27(40)17-44-29(39)36-30(41)42-15-14-21-5-7-22(8-6-21)28-35-18-38(37-28)23-9-11-24(12-10-23)43-31(32,33)34/h4-13,16,18-19H,14-15,17H2,1-3H3. The van der Waals surface area contributed by atoms with Crippen LogP contribution in [-0.2, 0) is 16.0 Å². The average molecular weight is 624 g/mol. The number of carbonyl (C=O) groups is 2. The zero-order valence-corrected chi connectivity index (χ0v) is 24.9. The van der Waals surface area contributed by atoms with Crippen LogP contribution >= 0.6 is 11.8 Å². The van der Waals surface area contributed by atoms with Crippen LogP contribution in [0.3, 0.4) is 0 Å². The minimum Gasteiger partial charge on any atom is -0.448 e. The van der Waals surface area contributed by atoms with Crippen molar-refractivity contribution in [3.05, 3.63) is 89.7 Å². The fourth-order valence-electron chi connectivity index (χ4n) is 4.52. The summed E-state index contributed by atoms with van der Waals surface area (Å²) in [6.45, 7) is 6.14. The predicted octanol–water partition coefficient (Wildman–Crippen LogP) is 7.08. The van der Waals surface area contributed by atoms with E-state index in [2.05, 4.69) is 19.8 Å². The van der Waals surface area contributed by atoms with Crippen molar-refractivity contribution in [1.29, 1.82) is 0 Å². The summed E-state index contributed by atoms with van der Waals surface area (Å²) in [7, 11) is 0. The number of thioether (sulfide) groups is 1. The smallest absolute Gasteiger partial charge is 0.448 e. The lowest BCUT2D eigenvalue weighted by Gasteiger charge is -2.22. The number of amides is 2. The van der Waals surface area contributed by atoms with Gasteiger partial charge < -0.3 is 9.47 Å². The number of alkyl halides is 3. The normalized spacial score (nSPS) is 14.5. The molecule has 1 fully saturated rings. The quantitative estimate of drug-likeness (QED) is 0.207. The highest BCUT2D eigenvalue weighted by Gasteiger charge is 2.33. The zero-order valence-electron chi connectivity index (χ0n) is 24.0. The number of aryl methyl sites for hydroxylation is 1. The molecule has 1 aliphatic rings. The summed E-state index contributed by atoms with van der Waals surface area (Å²) < 4.78 is 47.9. The largest absolute Gasteiger partial charge is 0.573 e. The number of rotatable bonds is 8. The van der Waals surface area contributed by atoms with Crippen molar-refractivity contribution < 1.29 is 32.2 Å². The van der Waals surface area contributed by atoms with Crippen molar-refractivity contribution in [2.24, 2.45) is 4.99 Å². The monoisotopic (exact) mass is 623 g/mol. The van der Waals surface area contributed by atoms with Crippen LogP contribution in [-0.4, -0.2) is 50.7 Å². The van der Waals surface area contributed by atoms with Gasteiger partial charge in [-0.25, -0.2) is 14.5 Å². The first-order valence-corrected chi connectivity index (χ1v) is 14.6. The van der Waals surface area contributed by atoms with Gasteiger partial charge in [0.25, 0.3) is 0 Å². The van der Waals surface area contributed by atoms with Gasteiger partial charge in [0.05, 0.1) is 23.7 Å². The van der Waals surface area contributed by atoms with Crippen LogP contribution in [0, 0.1) is 6.92 Å². The Kier molecular flexibility index (Phi) is 9.04. The Morgan fingerprint density at radius 1 is 1.07 bits per heavy atom. The van der Waals surface area contributed by atoms with Gasteiger partial charge in [0, 0.05) is 12.0 Å². The van der Waals surface area contributed by atoms with Crippen LogP contribution in [0.1, 0.15) is 36.5 Å². The van der Waals surface area contributed by atoms with Crippen LogP contribution in [0.2, 0.25) is 0 Å². The summed E-state index contributed by atoms with van der Waals surface area (Å²) in [5.74, 6) is 0.337. The van der Waals surface area contributed by atoms with Crippen molar-refractivity contribution in [3.8, 4) is 22.8 Å². The Morgan fingerprint density at radius 3 is 2.48 bits per heavy atom. The summed E-state index contributed by atoms with van der Waals surface area (Å²) in [6.07, 6.45) is -3.63. The molecule has 0 atom stereocenters. The highest BCUT2D eigenvalue weighted by Crippen LogP contribution is 2.34. The molecular formula is C31H28F3N5O4S. The Labute approximate surface area is 255 Å². The lowest BCUT2D eigenvalue weighted by Crippen LogP contribution is -2.31. The molecule has 2 amide bonds. The number of hydrogen-bond acceptors (Lipinski definition) is 7. The molecule has 3 aromatic carbocycles. The van der Waals surface area contributed by atoms with Gasteiger partial charge in [-0.2, -0.15) is 4.99 Å². The lowest BCUT2D eigenvalue weighted by atomic mass is 9.99. The number of aromatic nitrogens is 3. The van der Waals surface area contributed by atoms with E-state index in [1.807, 2.05) is 63.2 Å². The van der Waals surface area contributed by atoms with Gasteiger partial charge in [0.2, 0.25) is 5.91 Å². The molecule has 0 radical (unpaired) electrons. The highest BCUT2D eigenvalue weighted by atomic mass is 32.2. The number of benzene rings is 3. The molecule has 4 aromatic rings. The van der Waals surface area contributed by atoms with Crippen LogP contribution < -0.4 is 9.64 Å². The number of ether oxygens (including phenoxy) is 2. The Morgan fingerprint density at radius 2 is 1.80 bits per heavy atom. The Hall–Kier alpha value is -4.65. The molecule has 1 aliphatic heterocycles. The second kappa shape index (κ2) is 12.9. The van der Waals surface area contributed by atoms with E-state index in [0.29, 0.717) is 23.1 Å². The van der Waals surface area contributed by atoms with Gasteiger partial charge in [0.1, 0.15) is 12.1 Å². The molecule has 228 valence electrons. The number of anilines is 1. The summed E-state index contributed by atoms with van der Waals surface area (Å²) in [6, 6.07) is 18.6. The van der Waals surface area contributed by atoms with E-state index in [0.717, 1.165) is 27.9 Å². The summed E-state index contributed by atoms with van der Waals surface area (Å²) >= 11 is 1.21. The second-order valence-corrected chi connectivity index (χ2v) is 11.2. The fraction of sp³-hybridized carbons (Fsp3) is 0.258. The maximum Gasteiger partial charge on any atom is 0.573 e. The van der Waals surface area contributed by atoms with Crippen molar-refractivity contribution in [1.82, 2.24) is 14.8 Å². The number of aliphatic imine (C=N–C) groups is 1. The summed E-state index contributed by atoms with van der Waals surface area (Å²) in [5, 5.41) is 4.70. The topological polar surface area (TPSA) is 98.9 Å². The van der Waals surface area contributed by atoms with Crippen LogP contribution in [0.25, 0.3) is 17.1 Å². The summed E-state index contributed by atoms with van der Waals surface area (Å²) in [5.41, 5.74) is 4.87. The van der Waals surface area contributed by atoms with Crippen molar-refractivity contribution in [3.63, 3.8) is 0 Å². The average Bonchev–Trinajstić information content (AvgIpc) is 3.60. The molecule has 0 bridgehead atoms. The molecule has 1 aromatic heterocycles. The first kappa shape index (κ1) is 30.8. The molecule has 9 nitrogen and oxygen atoms in total. The molecule has 0 unspecified atom stereocenters. The van der Waals surface area contributed by atoms with E-state index in [-0.39, 0.29) is 29.9 Å². The van der Waals surface area contributed by atoms with E-state index in [9.17, 15) is 22.8 Å². The van der Waals surface area contributed by atoms with E-state index in [4.69, 9.17) is 4.74 Å². The van der Waals surface area contributed by atoms with Gasteiger partial charge in [0.15, 0.2) is 11.0 Å². The predicted molar refractivity (Wildman–Crippen MR) is 161 cm³/mol. The zero-order chi connectivity index (χ0) is 31.4. The molecular weight excluding hydrogens is 595 g/mol. The third-order valence-corrected chi connectivity index (χ3v) is 7.58.